The van der Waals surface area contributed by atoms with E-state index in [0.717, 1.165) is 0 Å². The highest BCUT2D eigenvalue weighted by molar-refractivity contribution is 7.89. The lowest BCUT2D eigenvalue weighted by molar-refractivity contribution is -0.117. The fourth-order valence-electron chi connectivity index (χ4n) is 2.80. The van der Waals surface area contributed by atoms with E-state index in [0.29, 0.717) is 28.3 Å². The van der Waals surface area contributed by atoms with Gasteiger partial charge < -0.3 is 9.84 Å². The molecule has 158 valence electrons. The van der Waals surface area contributed by atoms with Crippen molar-refractivity contribution in [2.24, 2.45) is 0 Å². The van der Waals surface area contributed by atoms with Gasteiger partial charge in [0.05, 0.1) is 10.9 Å². The Morgan fingerprint density at radius 1 is 1.10 bits per heavy atom. The topological polar surface area (TPSA) is 114 Å². The number of amides is 1. The van der Waals surface area contributed by atoms with Crippen LogP contribution in [-0.2, 0) is 14.8 Å². The van der Waals surface area contributed by atoms with E-state index >= 15 is 0 Å². The monoisotopic (exact) mass is 432 g/mol. The Hall–Kier alpha value is -3.11. The summed E-state index contributed by atoms with van der Waals surface area (Å²) >= 11 is 0. The molecule has 0 aliphatic carbocycles. The second-order valence-corrected chi connectivity index (χ2v) is 8.59. The Kier molecular flexibility index (Phi) is 5.99. The minimum Gasteiger partial charge on any atom is -0.339 e. The number of aryl methyl sites for hydroxylation is 3. The minimum absolute atomic E-state index is 0.0000609. The maximum atomic E-state index is 13.2. The second kappa shape index (κ2) is 8.33. The summed E-state index contributed by atoms with van der Waals surface area (Å²) in [5.41, 5.74) is 1.89. The van der Waals surface area contributed by atoms with Crippen molar-refractivity contribution in [3.05, 3.63) is 59.2 Å². The van der Waals surface area contributed by atoms with Crippen LogP contribution in [-0.4, -0.2) is 30.5 Å². The zero-order chi connectivity index (χ0) is 22.1. The van der Waals surface area contributed by atoms with Gasteiger partial charge in [0.1, 0.15) is 5.82 Å². The average molecular weight is 432 g/mol. The number of anilines is 1. The molecule has 10 heteroatoms. The molecule has 0 radical (unpaired) electrons. The Bertz CT molecular complexity index is 1210. The first-order chi connectivity index (χ1) is 14.1. The maximum absolute atomic E-state index is 13.2. The third-order valence-corrected chi connectivity index (χ3v) is 6.12. The number of aromatic nitrogens is 2. The fourth-order valence-corrected chi connectivity index (χ4v) is 4.28. The van der Waals surface area contributed by atoms with E-state index < -0.39 is 27.8 Å². The van der Waals surface area contributed by atoms with Gasteiger partial charge in [-0.25, -0.2) is 12.8 Å². The first kappa shape index (κ1) is 21.6. The van der Waals surface area contributed by atoms with E-state index in [-0.39, 0.29) is 10.7 Å². The minimum atomic E-state index is -4.03. The van der Waals surface area contributed by atoms with Gasteiger partial charge in [-0.05, 0) is 56.2 Å². The highest BCUT2D eigenvalue weighted by Gasteiger charge is 2.25. The predicted molar refractivity (Wildman–Crippen MR) is 109 cm³/mol. The Labute approximate surface area is 173 Å². The molecule has 8 nitrogen and oxygen atoms in total. The normalized spacial score (nSPS) is 12.6. The van der Waals surface area contributed by atoms with Crippen molar-refractivity contribution in [1.82, 2.24) is 14.9 Å². The number of hydrogen-bond acceptors (Lipinski definition) is 6. The van der Waals surface area contributed by atoms with Crippen LogP contribution in [0.25, 0.3) is 11.4 Å². The molecule has 0 spiro atoms. The van der Waals surface area contributed by atoms with Crippen molar-refractivity contribution in [3.63, 3.8) is 0 Å². The first-order valence-corrected chi connectivity index (χ1v) is 10.6. The van der Waals surface area contributed by atoms with Crippen LogP contribution in [0, 0.1) is 26.6 Å². The SMILES string of the molecule is Cc1nc(-c2ccc(C)c(S(=O)(=O)NC(C)C(=O)Nc3ccc(F)cc3C)c2)no1. The number of carbonyl (C=O) groups excluding carboxylic acids is 1. The highest BCUT2D eigenvalue weighted by atomic mass is 32.2. The van der Waals surface area contributed by atoms with E-state index in [1.807, 2.05) is 0 Å². The van der Waals surface area contributed by atoms with Crippen molar-refractivity contribution in [3.8, 4) is 11.4 Å². The molecule has 1 unspecified atom stereocenters. The van der Waals surface area contributed by atoms with Crippen LogP contribution in [0.4, 0.5) is 10.1 Å². The summed E-state index contributed by atoms with van der Waals surface area (Å²) in [5, 5.41) is 6.40. The molecule has 0 aliphatic heterocycles. The smallest absolute Gasteiger partial charge is 0.242 e. The lowest BCUT2D eigenvalue weighted by Crippen LogP contribution is -2.41. The number of benzene rings is 2. The fraction of sp³-hybridized carbons (Fsp3) is 0.250. The third-order valence-electron chi connectivity index (χ3n) is 4.43. The van der Waals surface area contributed by atoms with Gasteiger partial charge in [-0.2, -0.15) is 9.71 Å². The van der Waals surface area contributed by atoms with Crippen molar-refractivity contribution >= 4 is 21.6 Å². The number of rotatable bonds is 6. The summed E-state index contributed by atoms with van der Waals surface area (Å²) in [6, 6.07) is 7.58. The standard InChI is InChI=1S/C20H21FN4O4S/c1-11-5-6-15(19-22-14(4)29-24-19)10-18(11)30(27,28)25-13(3)20(26)23-17-8-7-16(21)9-12(17)2/h5-10,13,25H,1-4H3,(H,23,26). The molecule has 1 heterocycles. The molecule has 0 saturated heterocycles. The Balaban J connectivity index is 1.80. The zero-order valence-electron chi connectivity index (χ0n) is 16.9. The molecule has 2 N–H and O–H groups in total. The summed E-state index contributed by atoms with van der Waals surface area (Å²) in [6.45, 7) is 6.34. The molecular weight excluding hydrogens is 411 g/mol. The third kappa shape index (κ3) is 4.71. The molecule has 2 aromatic carbocycles. The number of nitrogens with zero attached hydrogens (tertiary/aromatic N) is 2. The van der Waals surface area contributed by atoms with Gasteiger partial charge in [0.15, 0.2) is 0 Å². The van der Waals surface area contributed by atoms with Crippen molar-refractivity contribution < 1.29 is 22.1 Å². The molecule has 0 aliphatic rings. The van der Waals surface area contributed by atoms with Crippen LogP contribution in [0.2, 0.25) is 0 Å². The van der Waals surface area contributed by atoms with Gasteiger partial charge in [0.25, 0.3) is 0 Å². The van der Waals surface area contributed by atoms with E-state index in [9.17, 15) is 17.6 Å². The summed E-state index contributed by atoms with van der Waals surface area (Å²) in [7, 11) is -4.03. The molecule has 3 rings (SSSR count). The van der Waals surface area contributed by atoms with E-state index in [2.05, 4.69) is 20.2 Å². The van der Waals surface area contributed by atoms with E-state index in [4.69, 9.17) is 4.52 Å². The lowest BCUT2D eigenvalue weighted by Gasteiger charge is -2.17. The van der Waals surface area contributed by atoms with E-state index in [1.54, 1.807) is 32.9 Å². The molecule has 0 fully saturated rings. The van der Waals surface area contributed by atoms with Crippen LogP contribution in [0.5, 0.6) is 0 Å². The van der Waals surface area contributed by atoms with Gasteiger partial charge in [-0.3, -0.25) is 4.79 Å². The second-order valence-electron chi connectivity index (χ2n) is 6.91. The average Bonchev–Trinajstić information content (AvgIpc) is 3.10. The van der Waals surface area contributed by atoms with Crippen molar-refractivity contribution in [2.75, 3.05) is 5.32 Å². The molecule has 1 atom stereocenters. The van der Waals surface area contributed by atoms with Crippen LogP contribution in [0.1, 0.15) is 23.9 Å². The molecule has 3 aromatic rings. The summed E-state index contributed by atoms with van der Waals surface area (Å²) < 4.78 is 46.4. The number of sulfonamides is 1. The largest absolute Gasteiger partial charge is 0.339 e. The molecule has 0 saturated carbocycles. The Morgan fingerprint density at radius 2 is 1.83 bits per heavy atom. The maximum Gasteiger partial charge on any atom is 0.242 e. The predicted octanol–water partition coefficient (Wildman–Crippen LogP) is 3.11. The van der Waals surface area contributed by atoms with E-state index in [1.165, 1.54) is 31.2 Å². The zero-order valence-corrected chi connectivity index (χ0v) is 17.7. The summed E-state index contributed by atoms with van der Waals surface area (Å²) in [4.78, 5) is 16.6. The van der Waals surface area contributed by atoms with Crippen molar-refractivity contribution in [1.29, 1.82) is 0 Å². The first-order valence-electron chi connectivity index (χ1n) is 9.07. The lowest BCUT2D eigenvalue weighted by atomic mass is 10.1. The highest BCUT2D eigenvalue weighted by Crippen LogP contribution is 2.23. The van der Waals surface area contributed by atoms with Gasteiger partial charge in [-0.1, -0.05) is 17.3 Å². The van der Waals surface area contributed by atoms with Crippen molar-refractivity contribution in [2.45, 2.75) is 38.6 Å². The van der Waals surface area contributed by atoms with Gasteiger partial charge >= 0.3 is 0 Å². The van der Waals surface area contributed by atoms with Gasteiger partial charge in [0, 0.05) is 18.2 Å². The number of nitrogens with one attached hydrogen (secondary N) is 2. The summed E-state index contributed by atoms with van der Waals surface area (Å²) in [5.74, 6) is -0.377. The molecular formula is C20H21FN4O4S. The van der Waals surface area contributed by atoms with Crippen LogP contribution in [0.3, 0.4) is 0 Å². The molecule has 1 amide bonds. The van der Waals surface area contributed by atoms with Crippen LogP contribution >= 0.6 is 0 Å². The number of halogens is 1. The van der Waals surface area contributed by atoms with Gasteiger partial charge in [-0.15, -0.1) is 0 Å². The molecule has 30 heavy (non-hydrogen) atoms. The number of carbonyl (C=O) groups is 1. The molecule has 1 aromatic heterocycles. The number of hydrogen-bond donors (Lipinski definition) is 2. The summed E-state index contributed by atoms with van der Waals surface area (Å²) in [6.07, 6.45) is 0. The quantitative estimate of drug-likeness (QED) is 0.619. The van der Waals surface area contributed by atoms with Crippen LogP contribution in [0.15, 0.2) is 45.8 Å². The van der Waals surface area contributed by atoms with Gasteiger partial charge in [0.2, 0.25) is 27.6 Å². The Morgan fingerprint density at radius 3 is 2.47 bits per heavy atom. The molecule has 0 bridgehead atoms. The van der Waals surface area contributed by atoms with Crippen LogP contribution < -0.4 is 10.0 Å².